The third kappa shape index (κ3) is 5.36. The summed E-state index contributed by atoms with van der Waals surface area (Å²) in [7, 11) is -3.61. The lowest BCUT2D eigenvalue weighted by Gasteiger charge is -2.64. The fourth-order valence-corrected chi connectivity index (χ4v) is 7.33. The molecule has 0 spiro atoms. The molecule has 206 valence electrons. The molecule has 0 unspecified atom stereocenters. The normalized spacial score (nSPS) is 21.4. The Morgan fingerprint density at radius 3 is 1.54 bits per heavy atom. The molecule has 0 atom stereocenters. The molecule has 0 bridgehead atoms. The molecule has 0 radical (unpaired) electrons. The van der Waals surface area contributed by atoms with E-state index in [1.54, 1.807) is 36.4 Å². The minimum Gasteiger partial charge on any atom is -0.489 e. The standard InChI is InChI=1S/C32H48O4S/c1-11-31(9,12-2)23-15-19-25(20-16-23)37(33,34)26-21-17-24(18-22-26)35-27-29(5,6)28(30(27,7)8)36-32(10,13-3)14-4/h15-22,27-28H,11-14H2,1-10H3. The van der Waals surface area contributed by atoms with E-state index in [0.29, 0.717) is 10.6 Å². The maximum atomic E-state index is 13.3. The van der Waals surface area contributed by atoms with Crippen molar-refractivity contribution in [3.05, 3.63) is 54.1 Å². The van der Waals surface area contributed by atoms with Gasteiger partial charge in [0, 0.05) is 10.8 Å². The summed E-state index contributed by atoms with van der Waals surface area (Å²) in [4.78, 5) is 0.590. The molecule has 0 N–H and O–H groups in total. The zero-order valence-corrected chi connectivity index (χ0v) is 25.5. The summed E-state index contributed by atoms with van der Waals surface area (Å²) in [5, 5.41) is 0. The summed E-state index contributed by atoms with van der Waals surface area (Å²) in [5.41, 5.74) is 0.732. The van der Waals surface area contributed by atoms with Gasteiger partial charge >= 0.3 is 0 Å². The van der Waals surface area contributed by atoms with Crippen LogP contribution in [0.1, 0.15) is 100 Å². The van der Waals surface area contributed by atoms with E-state index in [4.69, 9.17) is 9.47 Å². The van der Waals surface area contributed by atoms with Crippen LogP contribution in [-0.4, -0.2) is 26.2 Å². The van der Waals surface area contributed by atoms with E-state index < -0.39 is 9.84 Å². The largest absolute Gasteiger partial charge is 0.489 e. The lowest BCUT2D eigenvalue weighted by molar-refractivity contribution is -0.290. The van der Waals surface area contributed by atoms with Crippen molar-refractivity contribution in [3.8, 4) is 5.75 Å². The SMILES string of the molecule is CCC(C)(CC)OC1C(C)(C)C(Oc2ccc(S(=O)(=O)c3ccc(C(C)(CC)CC)cc3)cc2)C1(C)C. The molecule has 1 saturated carbocycles. The highest BCUT2D eigenvalue weighted by Crippen LogP contribution is 2.58. The quantitative estimate of drug-likeness (QED) is 0.294. The van der Waals surface area contributed by atoms with Gasteiger partial charge in [-0.05, 0) is 80.0 Å². The van der Waals surface area contributed by atoms with Crippen molar-refractivity contribution in [1.29, 1.82) is 0 Å². The lowest BCUT2D eigenvalue weighted by atomic mass is 9.50. The topological polar surface area (TPSA) is 52.6 Å². The van der Waals surface area contributed by atoms with E-state index in [2.05, 4.69) is 69.2 Å². The van der Waals surface area contributed by atoms with E-state index in [-0.39, 0.29) is 38.9 Å². The van der Waals surface area contributed by atoms with E-state index in [0.717, 1.165) is 25.7 Å². The highest BCUT2D eigenvalue weighted by molar-refractivity contribution is 7.91. The number of ether oxygens (including phenoxy) is 2. The van der Waals surface area contributed by atoms with Gasteiger partial charge in [0.25, 0.3) is 0 Å². The fourth-order valence-electron chi connectivity index (χ4n) is 6.07. The van der Waals surface area contributed by atoms with Crippen molar-refractivity contribution in [3.63, 3.8) is 0 Å². The first kappa shape index (κ1) is 29.7. The van der Waals surface area contributed by atoms with Crippen LogP contribution in [0.2, 0.25) is 0 Å². The number of benzene rings is 2. The van der Waals surface area contributed by atoms with Gasteiger partial charge in [-0.1, -0.05) is 74.4 Å². The number of rotatable bonds is 11. The molecule has 37 heavy (non-hydrogen) atoms. The van der Waals surface area contributed by atoms with E-state index in [9.17, 15) is 8.42 Å². The summed E-state index contributed by atoms with van der Waals surface area (Å²) >= 11 is 0. The second-order valence-electron chi connectivity index (χ2n) is 12.6. The summed E-state index contributed by atoms with van der Waals surface area (Å²) < 4.78 is 39.8. The molecule has 0 heterocycles. The van der Waals surface area contributed by atoms with Crippen LogP contribution in [-0.2, 0) is 20.0 Å². The zero-order valence-electron chi connectivity index (χ0n) is 24.6. The molecule has 0 amide bonds. The summed E-state index contributed by atoms with van der Waals surface area (Å²) in [6.45, 7) is 21.9. The first-order valence-electron chi connectivity index (χ1n) is 13.9. The molecule has 0 aromatic heterocycles. The van der Waals surface area contributed by atoms with Gasteiger partial charge in [-0.25, -0.2) is 8.42 Å². The Bertz CT molecular complexity index is 1140. The maximum absolute atomic E-state index is 13.3. The van der Waals surface area contributed by atoms with Gasteiger partial charge in [0.2, 0.25) is 9.84 Å². The summed E-state index contributed by atoms with van der Waals surface area (Å²) in [6, 6.07) is 14.2. The van der Waals surface area contributed by atoms with Crippen molar-refractivity contribution in [2.45, 2.75) is 128 Å². The van der Waals surface area contributed by atoms with Crippen molar-refractivity contribution in [2.75, 3.05) is 0 Å². The monoisotopic (exact) mass is 528 g/mol. The predicted octanol–water partition coefficient (Wildman–Crippen LogP) is 8.37. The van der Waals surface area contributed by atoms with E-state index >= 15 is 0 Å². The Balaban J connectivity index is 1.77. The predicted molar refractivity (Wildman–Crippen MR) is 152 cm³/mol. The first-order valence-corrected chi connectivity index (χ1v) is 15.4. The Morgan fingerprint density at radius 2 is 1.14 bits per heavy atom. The number of hydrogen-bond donors (Lipinski definition) is 0. The average Bonchev–Trinajstić information content (AvgIpc) is 2.89. The molecule has 4 nitrogen and oxygen atoms in total. The van der Waals surface area contributed by atoms with Crippen molar-refractivity contribution in [2.24, 2.45) is 10.8 Å². The molecular weight excluding hydrogens is 480 g/mol. The number of sulfone groups is 1. The van der Waals surface area contributed by atoms with Crippen LogP contribution in [0.3, 0.4) is 0 Å². The second-order valence-corrected chi connectivity index (χ2v) is 14.5. The Hall–Kier alpha value is -1.85. The molecule has 5 heteroatoms. The van der Waals surface area contributed by atoms with Crippen molar-refractivity contribution >= 4 is 9.84 Å². The molecule has 2 aromatic carbocycles. The Morgan fingerprint density at radius 1 is 0.703 bits per heavy atom. The molecule has 2 aromatic rings. The highest BCUT2D eigenvalue weighted by Gasteiger charge is 2.65. The Labute approximate surface area is 226 Å². The minimum absolute atomic E-state index is 0.0515. The fraction of sp³-hybridized carbons (Fsp3) is 0.625. The van der Waals surface area contributed by atoms with Crippen molar-refractivity contribution in [1.82, 2.24) is 0 Å². The van der Waals surface area contributed by atoms with Crippen LogP contribution in [0, 0.1) is 10.8 Å². The van der Waals surface area contributed by atoms with Gasteiger partial charge in [0.05, 0.1) is 21.5 Å². The minimum atomic E-state index is -3.61. The zero-order chi connectivity index (χ0) is 27.9. The third-order valence-electron chi connectivity index (χ3n) is 9.41. The van der Waals surface area contributed by atoms with Gasteiger partial charge in [0.15, 0.2) is 0 Å². The van der Waals surface area contributed by atoms with Crippen LogP contribution in [0.15, 0.2) is 58.3 Å². The van der Waals surface area contributed by atoms with Crippen LogP contribution < -0.4 is 4.74 Å². The van der Waals surface area contributed by atoms with Crippen molar-refractivity contribution < 1.29 is 17.9 Å². The highest BCUT2D eigenvalue weighted by atomic mass is 32.2. The van der Waals surface area contributed by atoms with Gasteiger partial charge in [-0.3, -0.25) is 0 Å². The lowest BCUT2D eigenvalue weighted by Crippen LogP contribution is -2.71. The summed E-state index contributed by atoms with van der Waals surface area (Å²) in [6.07, 6.45) is 3.97. The van der Waals surface area contributed by atoms with Crippen LogP contribution in [0.25, 0.3) is 0 Å². The number of hydrogen-bond acceptors (Lipinski definition) is 4. The molecule has 0 saturated heterocycles. The molecule has 0 aliphatic heterocycles. The van der Waals surface area contributed by atoms with Crippen LogP contribution in [0.4, 0.5) is 0 Å². The summed E-state index contributed by atoms with van der Waals surface area (Å²) in [5.74, 6) is 0.675. The molecule has 1 aliphatic rings. The molecule has 1 aliphatic carbocycles. The molecule has 3 rings (SSSR count). The molecule has 1 fully saturated rings. The van der Waals surface area contributed by atoms with Crippen LogP contribution in [0.5, 0.6) is 5.75 Å². The van der Waals surface area contributed by atoms with Gasteiger partial charge in [-0.2, -0.15) is 0 Å². The maximum Gasteiger partial charge on any atom is 0.206 e. The van der Waals surface area contributed by atoms with E-state index in [1.165, 1.54) is 5.56 Å². The first-order chi connectivity index (χ1) is 17.1. The average molecular weight is 529 g/mol. The Kier molecular flexibility index (Phi) is 8.33. The third-order valence-corrected chi connectivity index (χ3v) is 11.2. The van der Waals surface area contributed by atoms with Gasteiger partial charge in [-0.15, -0.1) is 0 Å². The van der Waals surface area contributed by atoms with Gasteiger partial charge in [0.1, 0.15) is 11.9 Å². The molecular formula is C32H48O4S. The van der Waals surface area contributed by atoms with E-state index in [1.807, 2.05) is 12.1 Å². The van der Waals surface area contributed by atoms with Crippen LogP contribution >= 0.6 is 0 Å². The smallest absolute Gasteiger partial charge is 0.206 e. The second kappa shape index (κ2) is 10.4. The van der Waals surface area contributed by atoms with Gasteiger partial charge < -0.3 is 9.47 Å².